The lowest BCUT2D eigenvalue weighted by atomic mass is 9.70. The van der Waals surface area contributed by atoms with E-state index < -0.39 is 5.41 Å². The van der Waals surface area contributed by atoms with E-state index in [1.165, 1.54) is 11.3 Å². The molecule has 28 heavy (non-hydrogen) atoms. The standard InChI is InChI=1S/C22H24N2O3S/c1-22(2,20(25)24-21-23-13-14-28-21)19(15-5-9-17(26-3)10-6-15)16-7-11-18(27-4)12-8-16/h5-14,19H,1-4H3,(H,23,24,25). The summed E-state index contributed by atoms with van der Waals surface area (Å²) in [5, 5.41) is 5.39. The minimum Gasteiger partial charge on any atom is -0.497 e. The molecule has 0 atom stereocenters. The van der Waals surface area contributed by atoms with Crippen molar-refractivity contribution in [2.75, 3.05) is 19.5 Å². The highest BCUT2D eigenvalue weighted by Crippen LogP contribution is 2.42. The first-order chi connectivity index (χ1) is 13.5. The Bertz CT molecular complexity index is 856. The minimum absolute atomic E-state index is 0.0842. The second kappa shape index (κ2) is 8.44. The molecule has 0 aliphatic rings. The third-order valence-corrected chi connectivity index (χ3v) is 5.55. The third-order valence-electron chi connectivity index (χ3n) is 4.86. The van der Waals surface area contributed by atoms with Crippen molar-refractivity contribution in [3.8, 4) is 11.5 Å². The Kier molecular flexibility index (Phi) is 5.99. The molecule has 1 amide bonds. The van der Waals surface area contributed by atoms with E-state index in [1.807, 2.05) is 67.8 Å². The van der Waals surface area contributed by atoms with Crippen LogP contribution in [0.15, 0.2) is 60.1 Å². The van der Waals surface area contributed by atoms with E-state index in [0.717, 1.165) is 22.6 Å². The van der Waals surface area contributed by atoms with E-state index in [0.29, 0.717) is 5.13 Å². The molecule has 0 fully saturated rings. The molecule has 1 heterocycles. The molecule has 0 aliphatic carbocycles. The second-order valence-corrected chi connectivity index (χ2v) is 7.89. The van der Waals surface area contributed by atoms with Gasteiger partial charge in [-0.25, -0.2) is 4.98 Å². The highest BCUT2D eigenvalue weighted by atomic mass is 32.1. The number of amides is 1. The number of nitrogens with one attached hydrogen (secondary N) is 1. The van der Waals surface area contributed by atoms with Crippen LogP contribution in [0.2, 0.25) is 0 Å². The number of thiazole rings is 1. The number of rotatable bonds is 7. The zero-order valence-electron chi connectivity index (χ0n) is 16.4. The van der Waals surface area contributed by atoms with Crippen LogP contribution >= 0.6 is 11.3 Å². The van der Waals surface area contributed by atoms with Crippen molar-refractivity contribution in [3.05, 3.63) is 71.2 Å². The summed E-state index contributed by atoms with van der Waals surface area (Å²) in [6.07, 6.45) is 1.68. The van der Waals surface area contributed by atoms with Gasteiger partial charge in [-0.2, -0.15) is 0 Å². The van der Waals surface area contributed by atoms with Gasteiger partial charge in [0.05, 0.1) is 19.6 Å². The fraction of sp³-hybridized carbons (Fsp3) is 0.273. The summed E-state index contributed by atoms with van der Waals surface area (Å²) in [7, 11) is 3.28. The molecule has 0 bridgehead atoms. The smallest absolute Gasteiger partial charge is 0.232 e. The van der Waals surface area contributed by atoms with Gasteiger partial charge in [-0.15, -0.1) is 11.3 Å². The molecule has 0 saturated carbocycles. The van der Waals surface area contributed by atoms with Crippen molar-refractivity contribution in [2.24, 2.45) is 5.41 Å². The maximum absolute atomic E-state index is 13.2. The SMILES string of the molecule is COc1ccc(C(c2ccc(OC)cc2)C(C)(C)C(=O)Nc2nccs2)cc1. The Labute approximate surface area is 169 Å². The second-order valence-electron chi connectivity index (χ2n) is 6.99. The number of anilines is 1. The van der Waals surface area contributed by atoms with Gasteiger partial charge in [0.1, 0.15) is 11.5 Å². The van der Waals surface area contributed by atoms with Crippen LogP contribution in [-0.2, 0) is 4.79 Å². The molecule has 3 rings (SSSR count). The van der Waals surface area contributed by atoms with Gasteiger partial charge in [-0.1, -0.05) is 38.1 Å². The molecular formula is C22H24N2O3S. The quantitative estimate of drug-likeness (QED) is 0.613. The van der Waals surface area contributed by atoms with Gasteiger partial charge in [-0.05, 0) is 35.4 Å². The number of carbonyl (C=O) groups is 1. The first-order valence-electron chi connectivity index (χ1n) is 8.94. The highest BCUT2D eigenvalue weighted by Gasteiger charge is 2.39. The average molecular weight is 397 g/mol. The molecule has 0 unspecified atom stereocenters. The number of hydrogen-bond acceptors (Lipinski definition) is 5. The van der Waals surface area contributed by atoms with E-state index in [9.17, 15) is 4.79 Å². The van der Waals surface area contributed by atoms with Crippen LogP contribution in [0, 0.1) is 5.41 Å². The normalized spacial score (nSPS) is 11.3. The van der Waals surface area contributed by atoms with Crippen molar-refractivity contribution >= 4 is 22.4 Å². The number of carbonyl (C=O) groups excluding carboxylic acids is 1. The van der Waals surface area contributed by atoms with E-state index in [1.54, 1.807) is 20.4 Å². The molecule has 0 spiro atoms. The zero-order valence-corrected chi connectivity index (χ0v) is 17.2. The fourth-order valence-electron chi connectivity index (χ4n) is 3.29. The van der Waals surface area contributed by atoms with Crippen LogP contribution in [0.25, 0.3) is 0 Å². The summed E-state index contributed by atoms with van der Waals surface area (Å²) in [6, 6.07) is 15.7. The monoisotopic (exact) mass is 396 g/mol. The maximum atomic E-state index is 13.2. The summed E-state index contributed by atoms with van der Waals surface area (Å²) in [5.41, 5.74) is 1.34. The van der Waals surface area contributed by atoms with Gasteiger partial charge in [0.15, 0.2) is 5.13 Å². The van der Waals surface area contributed by atoms with Gasteiger partial charge < -0.3 is 14.8 Å². The number of methoxy groups -OCH3 is 2. The molecule has 1 aromatic heterocycles. The Morgan fingerprint density at radius 1 is 0.964 bits per heavy atom. The molecule has 5 nitrogen and oxygen atoms in total. The summed E-state index contributed by atoms with van der Waals surface area (Å²) in [6.45, 7) is 3.91. The first-order valence-corrected chi connectivity index (χ1v) is 9.82. The van der Waals surface area contributed by atoms with Gasteiger partial charge in [0.25, 0.3) is 0 Å². The Morgan fingerprint density at radius 2 is 1.46 bits per heavy atom. The van der Waals surface area contributed by atoms with Crippen LogP contribution in [-0.4, -0.2) is 25.1 Å². The molecule has 0 saturated heterocycles. The highest BCUT2D eigenvalue weighted by molar-refractivity contribution is 7.13. The lowest BCUT2D eigenvalue weighted by molar-refractivity contribution is -0.124. The van der Waals surface area contributed by atoms with Crippen LogP contribution in [0.1, 0.15) is 30.9 Å². The molecule has 1 N–H and O–H groups in total. The van der Waals surface area contributed by atoms with Crippen molar-refractivity contribution < 1.29 is 14.3 Å². The lowest BCUT2D eigenvalue weighted by Crippen LogP contribution is -2.37. The fourth-order valence-corrected chi connectivity index (χ4v) is 3.82. The van der Waals surface area contributed by atoms with Crippen LogP contribution in [0.3, 0.4) is 0 Å². The van der Waals surface area contributed by atoms with E-state index in [-0.39, 0.29) is 11.8 Å². The topological polar surface area (TPSA) is 60.5 Å². The Morgan fingerprint density at radius 3 is 1.86 bits per heavy atom. The number of ether oxygens (including phenoxy) is 2. The maximum Gasteiger partial charge on any atom is 0.232 e. The number of aromatic nitrogens is 1. The van der Waals surface area contributed by atoms with Crippen molar-refractivity contribution in [1.82, 2.24) is 4.98 Å². The lowest BCUT2D eigenvalue weighted by Gasteiger charge is -2.34. The minimum atomic E-state index is -0.727. The van der Waals surface area contributed by atoms with E-state index in [2.05, 4.69) is 10.3 Å². The van der Waals surface area contributed by atoms with Crippen LogP contribution in [0.5, 0.6) is 11.5 Å². The molecule has 0 radical (unpaired) electrons. The molecule has 6 heteroatoms. The van der Waals surface area contributed by atoms with Crippen molar-refractivity contribution in [1.29, 1.82) is 0 Å². The summed E-state index contributed by atoms with van der Waals surface area (Å²) in [4.78, 5) is 17.3. The Hall–Kier alpha value is -2.86. The molecule has 146 valence electrons. The summed E-state index contributed by atoms with van der Waals surface area (Å²) in [5.74, 6) is 1.31. The first kappa shape index (κ1) is 19.9. The van der Waals surface area contributed by atoms with Crippen molar-refractivity contribution in [3.63, 3.8) is 0 Å². The van der Waals surface area contributed by atoms with E-state index in [4.69, 9.17) is 9.47 Å². The Balaban J connectivity index is 2.01. The van der Waals surface area contributed by atoms with Gasteiger partial charge >= 0.3 is 0 Å². The van der Waals surface area contributed by atoms with E-state index >= 15 is 0 Å². The molecule has 3 aromatic rings. The van der Waals surface area contributed by atoms with Gasteiger partial charge in [-0.3, -0.25) is 4.79 Å². The van der Waals surface area contributed by atoms with Crippen LogP contribution in [0.4, 0.5) is 5.13 Å². The predicted octanol–water partition coefficient (Wildman–Crippen LogP) is 4.96. The number of benzene rings is 2. The predicted molar refractivity (Wildman–Crippen MR) is 112 cm³/mol. The number of hydrogen-bond donors (Lipinski definition) is 1. The zero-order chi connectivity index (χ0) is 20.1. The average Bonchev–Trinajstić information content (AvgIpc) is 3.22. The molecule has 0 aliphatic heterocycles. The largest absolute Gasteiger partial charge is 0.497 e. The van der Waals surface area contributed by atoms with Gasteiger partial charge in [0, 0.05) is 17.5 Å². The number of nitrogens with zero attached hydrogens (tertiary/aromatic N) is 1. The van der Waals surface area contributed by atoms with Crippen LogP contribution < -0.4 is 14.8 Å². The third kappa shape index (κ3) is 4.17. The van der Waals surface area contributed by atoms with Gasteiger partial charge in [0.2, 0.25) is 5.91 Å². The molecular weight excluding hydrogens is 372 g/mol. The summed E-state index contributed by atoms with van der Waals surface area (Å²) >= 11 is 1.40. The summed E-state index contributed by atoms with van der Waals surface area (Å²) < 4.78 is 10.6. The van der Waals surface area contributed by atoms with Crippen molar-refractivity contribution in [2.45, 2.75) is 19.8 Å². The molecule has 2 aromatic carbocycles.